The molecule has 142 valence electrons. The van der Waals surface area contributed by atoms with E-state index in [0.29, 0.717) is 44.1 Å². The van der Waals surface area contributed by atoms with Gasteiger partial charge in [-0.25, -0.2) is 4.79 Å². The third-order valence-electron chi connectivity index (χ3n) is 4.40. The van der Waals surface area contributed by atoms with Gasteiger partial charge >= 0.3 is 6.03 Å². The van der Waals surface area contributed by atoms with Crippen molar-refractivity contribution >= 4 is 17.6 Å². The van der Waals surface area contributed by atoms with Gasteiger partial charge in [0.15, 0.2) is 0 Å². The molecule has 1 saturated heterocycles. The van der Waals surface area contributed by atoms with Crippen LogP contribution < -0.4 is 5.32 Å². The van der Waals surface area contributed by atoms with Crippen molar-refractivity contribution < 1.29 is 14.3 Å². The fourth-order valence-corrected chi connectivity index (χ4v) is 2.77. The van der Waals surface area contributed by atoms with Crippen molar-refractivity contribution in [2.24, 2.45) is 0 Å². The average molecular weight is 368 g/mol. The molecular weight excluding hydrogens is 344 g/mol. The number of hydrogen-bond donors (Lipinski definition) is 1. The third kappa shape index (κ3) is 5.04. The quantitative estimate of drug-likeness (QED) is 0.900. The Morgan fingerprint density at radius 2 is 1.85 bits per heavy atom. The highest BCUT2D eigenvalue weighted by Gasteiger charge is 2.18. The molecule has 2 heterocycles. The fourth-order valence-electron chi connectivity index (χ4n) is 2.77. The van der Waals surface area contributed by atoms with E-state index in [1.165, 1.54) is 0 Å². The molecule has 0 atom stereocenters. The number of rotatable bonds is 4. The number of pyridine rings is 1. The van der Waals surface area contributed by atoms with Gasteiger partial charge in [0.2, 0.25) is 0 Å². The summed E-state index contributed by atoms with van der Waals surface area (Å²) in [7, 11) is 1.72. The van der Waals surface area contributed by atoms with Crippen molar-refractivity contribution in [3.05, 3.63) is 59.4 Å². The number of hydrogen-bond acceptors (Lipinski definition) is 4. The number of nitrogens with zero attached hydrogens (tertiary/aromatic N) is 3. The predicted octanol–water partition coefficient (Wildman–Crippen LogP) is 2.53. The van der Waals surface area contributed by atoms with E-state index in [-0.39, 0.29) is 11.9 Å². The Labute approximate surface area is 158 Å². The molecule has 7 nitrogen and oxygen atoms in total. The molecule has 3 amide bonds. The van der Waals surface area contributed by atoms with Crippen molar-refractivity contribution in [1.29, 1.82) is 0 Å². The molecule has 1 aromatic heterocycles. The fraction of sp³-hybridized carbons (Fsp3) is 0.350. The molecule has 0 aliphatic carbocycles. The second-order valence-electron chi connectivity index (χ2n) is 6.60. The Morgan fingerprint density at radius 3 is 2.48 bits per heavy atom. The zero-order valence-corrected chi connectivity index (χ0v) is 15.6. The number of morpholine rings is 1. The van der Waals surface area contributed by atoms with E-state index in [4.69, 9.17) is 4.74 Å². The van der Waals surface area contributed by atoms with Crippen LogP contribution in [0.4, 0.5) is 10.5 Å². The molecule has 3 rings (SSSR count). The lowest BCUT2D eigenvalue weighted by Gasteiger charge is -2.26. The molecular formula is C20H24N4O3. The summed E-state index contributed by atoms with van der Waals surface area (Å²) in [4.78, 5) is 32.4. The van der Waals surface area contributed by atoms with Gasteiger partial charge < -0.3 is 19.9 Å². The Bertz CT molecular complexity index is 784. The molecule has 27 heavy (non-hydrogen) atoms. The van der Waals surface area contributed by atoms with Crippen LogP contribution >= 0.6 is 0 Å². The van der Waals surface area contributed by atoms with Gasteiger partial charge in [-0.05, 0) is 42.8 Å². The van der Waals surface area contributed by atoms with E-state index < -0.39 is 0 Å². The average Bonchev–Trinajstić information content (AvgIpc) is 2.70. The van der Waals surface area contributed by atoms with Gasteiger partial charge in [-0.15, -0.1) is 0 Å². The van der Waals surface area contributed by atoms with Crippen LogP contribution in [0.3, 0.4) is 0 Å². The highest BCUT2D eigenvalue weighted by atomic mass is 16.5. The standard InChI is InChI=1S/C20H24N4O3/c1-15-3-6-18(21-13-15)14-23(2)20(26)22-17-7-4-16(5-8-17)19(25)24-9-11-27-12-10-24/h3-8,13H,9-12,14H2,1-2H3,(H,22,26). The first-order valence-corrected chi connectivity index (χ1v) is 8.93. The number of nitrogens with one attached hydrogen (secondary N) is 1. The zero-order valence-electron chi connectivity index (χ0n) is 15.6. The Morgan fingerprint density at radius 1 is 1.15 bits per heavy atom. The molecule has 0 unspecified atom stereocenters. The summed E-state index contributed by atoms with van der Waals surface area (Å²) >= 11 is 0. The number of ether oxygens (including phenoxy) is 1. The first-order valence-electron chi connectivity index (χ1n) is 8.93. The van der Waals surface area contributed by atoms with Gasteiger partial charge in [-0.1, -0.05) is 6.07 Å². The summed E-state index contributed by atoms with van der Waals surface area (Å²) in [6, 6.07) is 10.6. The molecule has 1 aliphatic rings. The maximum absolute atomic E-state index is 12.4. The molecule has 0 spiro atoms. The van der Waals surface area contributed by atoms with Crippen molar-refractivity contribution in [2.45, 2.75) is 13.5 Å². The SMILES string of the molecule is Cc1ccc(CN(C)C(=O)Nc2ccc(C(=O)N3CCOCC3)cc2)nc1. The minimum absolute atomic E-state index is 0.0151. The molecule has 1 aromatic carbocycles. The maximum Gasteiger partial charge on any atom is 0.321 e. The van der Waals surface area contributed by atoms with Gasteiger partial charge in [-0.3, -0.25) is 9.78 Å². The highest BCUT2D eigenvalue weighted by Crippen LogP contribution is 2.13. The number of carbonyl (C=O) groups excluding carboxylic acids is 2. The molecule has 1 N–H and O–H groups in total. The van der Waals surface area contributed by atoms with Crippen LogP contribution in [0.25, 0.3) is 0 Å². The van der Waals surface area contributed by atoms with E-state index in [0.717, 1.165) is 11.3 Å². The molecule has 1 aliphatic heterocycles. The Balaban J connectivity index is 1.56. The molecule has 2 aromatic rings. The molecule has 0 bridgehead atoms. The van der Waals surface area contributed by atoms with Crippen molar-refractivity contribution in [3.8, 4) is 0 Å². The largest absolute Gasteiger partial charge is 0.378 e. The molecule has 0 radical (unpaired) electrons. The summed E-state index contributed by atoms with van der Waals surface area (Å²) in [5.74, 6) is -0.0151. The van der Waals surface area contributed by atoms with E-state index >= 15 is 0 Å². The minimum atomic E-state index is -0.232. The van der Waals surface area contributed by atoms with Crippen molar-refractivity contribution in [3.63, 3.8) is 0 Å². The zero-order chi connectivity index (χ0) is 19.2. The lowest BCUT2D eigenvalue weighted by atomic mass is 10.1. The number of urea groups is 1. The van der Waals surface area contributed by atoms with E-state index in [1.807, 2.05) is 19.1 Å². The second kappa shape index (κ2) is 8.64. The normalized spacial score (nSPS) is 13.9. The lowest BCUT2D eigenvalue weighted by Crippen LogP contribution is -2.40. The Hall–Kier alpha value is -2.93. The first-order chi connectivity index (χ1) is 13.0. The lowest BCUT2D eigenvalue weighted by molar-refractivity contribution is 0.0303. The number of anilines is 1. The molecule has 1 fully saturated rings. The third-order valence-corrected chi connectivity index (χ3v) is 4.40. The van der Waals surface area contributed by atoms with E-state index in [9.17, 15) is 9.59 Å². The van der Waals surface area contributed by atoms with Gasteiger partial charge in [0, 0.05) is 37.6 Å². The van der Waals surface area contributed by atoms with Crippen LogP contribution in [0, 0.1) is 6.92 Å². The first kappa shape index (κ1) is 18.8. The van der Waals surface area contributed by atoms with E-state index in [2.05, 4.69) is 10.3 Å². The van der Waals surface area contributed by atoms with Gasteiger partial charge in [0.25, 0.3) is 5.91 Å². The molecule has 0 saturated carbocycles. The van der Waals surface area contributed by atoms with Crippen LogP contribution in [-0.4, -0.2) is 60.1 Å². The topological polar surface area (TPSA) is 74.8 Å². The van der Waals surface area contributed by atoms with Crippen LogP contribution in [0.2, 0.25) is 0 Å². The highest BCUT2D eigenvalue weighted by molar-refractivity contribution is 5.95. The summed E-state index contributed by atoms with van der Waals surface area (Å²) in [6.45, 7) is 4.74. The van der Waals surface area contributed by atoms with Gasteiger partial charge in [0.05, 0.1) is 25.5 Å². The Kier molecular flexibility index (Phi) is 6.03. The van der Waals surface area contributed by atoms with Crippen LogP contribution in [0.15, 0.2) is 42.6 Å². The van der Waals surface area contributed by atoms with Crippen LogP contribution in [0.1, 0.15) is 21.6 Å². The number of benzene rings is 1. The number of aryl methyl sites for hydroxylation is 1. The van der Waals surface area contributed by atoms with Gasteiger partial charge in [0.1, 0.15) is 0 Å². The van der Waals surface area contributed by atoms with E-state index in [1.54, 1.807) is 47.3 Å². The number of carbonyl (C=O) groups is 2. The predicted molar refractivity (Wildman–Crippen MR) is 103 cm³/mol. The summed E-state index contributed by atoms with van der Waals surface area (Å²) in [5.41, 5.74) is 3.15. The minimum Gasteiger partial charge on any atom is -0.378 e. The van der Waals surface area contributed by atoms with Crippen LogP contribution in [-0.2, 0) is 11.3 Å². The van der Waals surface area contributed by atoms with Crippen molar-refractivity contribution in [2.75, 3.05) is 38.7 Å². The van der Waals surface area contributed by atoms with Gasteiger partial charge in [-0.2, -0.15) is 0 Å². The summed E-state index contributed by atoms with van der Waals surface area (Å²) in [5, 5.41) is 2.83. The maximum atomic E-state index is 12.4. The monoisotopic (exact) mass is 368 g/mol. The summed E-state index contributed by atoms with van der Waals surface area (Å²) < 4.78 is 5.27. The second-order valence-corrected chi connectivity index (χ2v) is 6.60. The van der Waals surface area contributed by atoms with Crippen LogP contribution in [0.5, 0.6) is 0 Å². The summed E-state index contributed by atoms with van der Waals surface area (Å²) in [6.07, 6.45) is 1.78. The number of amides is 3. The molecule has 7 heteroatoms. The van der Waals surface area contributed by atoms with Crippen molar-refractivity contribution in [1.82, 2.24) is 14.8 Å². The number of aromatic nitrogens is 1. The smallest absolute Gasteiger partial charge is 0.321 e.